The van der Waals surface area contributed by atoms with Crippen LogP contribution in [-0.2, 0) is 24.2 Å². The molecule has 2 aliphatic rings. The smallest absolute Gasteiger partial charge is 0.260 e. The molecule has 1 amide bonds. The Morgan fingerprint density at radius 3 is 2.35 bits per heavy atom. The molecule has 20 heavy (non-hydrogen) atoms. The number of hydrogen-bond donors (Lipinski definition) is 0. The van der Waals surface area contributed by atoms with Crippen LogP contribution in [0.3, 0.4) is 0 Å². The number of amides is 1. The number of β-lactam (4-membered cyclic amide) rings is 1. The molecule has 0 aromatic carbocycles. The Morgan fingerprint density at radius 1 is 1.35 bits per heavy atom. The number of nitrogens with zero attached hydrogens (tertiary/aromatic N) is 1. The van der Waals surface area contributed by atoms with Gasteiger partial charge in [0, 0.05) is 12.5 Å². The van der Waals surface area contributed by atoms with Crippen LogP contribution in [0.25, 0.3) is 0 Å². The van der Waals surface area contributed by atoms with Gasteiger partial charge in [0.15, 0.2) is 27.1 Å². The maximum Gasteiger partial charge on any atom is 0.260 e. The normalized spacial score (nSPS) is 29.1. The molecule has 0 aromatic heterocycles. The van der Waals surface area contributed by atoms with Gasteiger partial charge in [0.05, 0.1) is 11.4 Å². The molecule has 0 N–H and O–H groups in total. The second-order valence-corrected chi connectivity index (χ2v) is 8.37. The molecule has 2 aliphatic heterocycles. The largest absolute Gasteiger partial charge is 0.368 e. The van der Waals surface area contributed by atoms with Crippen LogP contribution in [0.5, 0.6) is 0 Å². The molecular formula is C13H19NO5S. The molecule has 0 aromatic rings. The van der Waals surface area contributed by atoms with Crippen LogP contribution >= 0.6 is 0 Å². The summed E-state index contributed by atoms with van der Waals surface area (Å²) in [6.45, 7) is 6.81. The Bertz CT molecular complexity index is 611. The Balaban J connectivity index is 2.54. The minimum Gasteiger partial charge on any atom is -0.368 e. The summed E-state index contributed by atoms with van der Waals surface area (Å²) in [4.78, 5) is 25.6. The van der Waals surface area contributed by atoms with E-state index in [4.69, 9.17) is 4.74 Å². The van der Waals surface area contributed by atoms with Gasteiger partial charge in [-0.15, -0.1) is 0 Å². The number of allylic oxidation sites excluding steroid dienone is 1. The number of methoxy groups -OCH3 is 1. The first-order chi connectivity index (χ1) is 9.02. The summed E-state index contributed by atoms with van der Waals surface area (Å²) in [6, 6.07) is 0. The molecule has 1 unspecified atom stereocenters. The van der Waals surface area contributed by atoms with Crippen LogP contribution in [0.4, 0.5) is 0 Å². The van der Waals surface area contributed by atoms with Crippen molar-refractivity contribution in [3.05, 3.63) is 11.3 Å². The van der Waals surface area contributed by atoms with E-state index >= 15 is 0 Å². The molecule has 2 heterocycles. The Hall–Kier alpha value is -1.21. The third-order valence-corrected chi connectivity index (χ3v) is 5.60. The van der Waals surface area contributed by atoms with Crippen molar-refractivity contribution in [2.45, 2.75) is 39.2 Å². The summed E-state index contributed by atoms with van der Waals surface area (Å²) in [6.07, 6.45) is -1.00. The molecule has 0 saturated carbocycles. The van der Waals surface area contributed by atoms with Gasteiger partial charge in [-0.05, 0) is 12.5 Å². The zero-order chi connectivity index (χ0) is 15.5. The zero-order valence-corrected chi connectivity index (χ0v) is 13.1. The van der Waals surface area contributed by atoms with Gasteiger partial charge in [-0.2, -0.15) is 0 Å². The molecule has 2 rings (SSSR count). The van der Waals surface area contributed by atoms with Gasteiger partial charge >= 0.3 is 0 Å². The average Bonchev–Trinajstić information content (AvgIpc) is 2.28. The fraction of sp³-hybridized carbons (Fsp3) is 0.692. The summed E-state index contributed by atoms with van der Waals surface area (Å²) >= 11 is 0. The monoisotopic (exact) mass is 301 g/mol. The third-order valence-electron chi connectivity index (χ3n) is 3.58. The molecule has 0 radical (unpaired) electrons. The molecule has 1 saturated heterocycles. The van der Waals surface area contributed by atoms with E-state index < -0.39 is 32.6 Å². The van der Waals surface area contributed by atoms with Crippen LogP contribution in [-0.4, -0.2) is 49.3 Å². The first-order valence-corrected chi connectivity index (χ1v) is 8.06. The number of rotatable bonds is 2. The highest BCUT2D eigenvalue weighted by Gasteiger charge is 2.60. The lowest BCUT2D eigenvalue weighted by atomic mass is 9.86. The number of ether oxygens (including phenoxy) is 1. The van der Waals surface area contributed by atoms with Gasteiger partial charge in [0.2, 0.25) is 0 Å². The van der Waals surface area contributed by atoms with Crippen molar-refractivity contribution < 1.29 is 22.7 Å². The molecule has 0 aliphatic carbocycles. The summed E-state index contributed by atoms with van der Waals surface area (Å²) in [7, 11) is -2.21. The van der Waals surface area contributed by atoms with Crippen molar-refractivity contribution >= 4 is 21.5 Å². The number of ketones is 1. The van der Waals surface area contributed by atoms with Crippen molar-refractivity contribution in [1.29, 1.82) is 0 Å². The summed E-state index contributed by atoms with van der Waals surface area (Å²) in [5.41, 5.74) is -0.0413. The molecule has 112 valence electrons. The summed E-state index contributed by atoms with van der Waals surface area (Å²) in [5.74, 6) is -0.899. The second kappa shape index (κ2) is 4.39. The highest BCUT2D eigenvalue weighted by Crippen LogP contribution is 2.40. The number of fused-ring (bicyclic) bond motifs is 1. The number of sulfone groups is 1. The van der Waals surface area contributed by atoms with Gasteiger partial charge < -0.3 is 4.74 Å². The van der Waals surface area contributed by atoms with E-state index in [1.807, 2.05) is 0 Å². The molecule has 2 atom stereocenters. The summed E-state index contributed by atoms with van der Waals surface area (Å²) < 4.78 is 29.3. The van der Waals surface area contributed by atoms with Crippen LogP contribution in [0.2, 0.25) is 0 Å². The van der Waals surface area contributed by atoms with Crippen molar-refractivity contribution in [1.82, 2.24) is 4.90 Å². The number of Topliss-reactive ketones (excluding diaryl/α,β-unsaturated/α-hetero) is 1. The van der Waals surface area contributed by atoms with E-state index in [0.29, 0.717) is 5.57 Å². The Labute approximate surface area is 118 Å². The van der Waals surface area contributed by atoms with Crippen LogP contribution in [0.1, 0.15) is 27.7 Å². The van der Waals surface area contributed by atoms with E-state index in [1.165, 1.54) is 7.11 Å². The van der Waals surface area contributed by atoms with E-state index in [-0.39, 0.29) is 17.2 Å². The van der Waals surface area contributed by atoms with Gasteiger partial charge in [0.1, 0.15) is 0 Å². The molecule has 7 heteroatoms. The quantitative estimate of drug-likeness (QED) is 0.693. The molecule has 0 spiro atoms. The van der Waals surface area contributed by atoms with Crippen LogP contribution in [0, 0.1) is 5.41 Å². The minimum atomic E-state index is -3.51. The van der Waals surface area contributed by atoms with E-state index in [9.17, 15) is 18.0 Å². The van der Waals surface area contributed by atoms with Crippen LogP contribution in [0.15, 0.2) is 11.3 Å². The fourth-order valence-electron chi connectivity index (χ4n) is 2.56. The standard InChI is InChI=1S/C13H19NO5S/c1-7-6-20(17,18)12-9(19-5)11(16)14(12)8(7)10(15)13(2,3)4/h9,12H,6H2,1-5H3/t9-,12?/m0/s1. The SMILES string of the molecule is CO[C@H]1C(=O)N2C(C(=O)C(C)(C)C)=C(C)CS(=O)(=O)C12. The molecular weight excluding hydrogens is 282 g/mol. The van der Waals surface area contributed by atoms with E-state index in [0.717, 1.165) is 4.90 Å². The molecule has 1 fully saturated rings. The van der Waals surface area contributed by atoms with E-state index in [2.05, 4.69) is 0 Å². The van der Waals surface area contributed by atoms with Crippen molar-refractivity contribution in [3.63, 3.8) is 0 Å². The second-order valence-electron chi connectivity index (χ2n) is 6.27. The highest BCUT2D eigenvalue weighted by atomic mass is 32.2. The minimum absolute atomic E-state index is 0.210. The summed E-state index contributed by atoms with van der Waals surface area (Å²) in [5, 5.41) is -1.06. The van der Waals surface area contributed by atoms with Crippen molar-refractivity contribution in [2.24, 2.45) is 5.41 Å². The Kier molecular flexibility index (Phi) is 3.33. The van der Waals surface area contributed by atoms with Crippen LogP contribution < -0.4 is 0 Å². The van der Waals surface area contributed by atoms with Crippen molar-refractivity contribution in [2.75, 3.05) is 12.9 Å². The van der Waals surface area contributed by atoms with Crippen molar-refractivity contribution in [3.8, 4) is 0 Å². The number of carbonyl (C=O) groups is 2. The van der Waals surface area contributed by atoms with Gasteiger partial charge in [-0.3, -0.25) is 14.5 Å². The lowest BCUT2D eigenvalue weighted by molar-refractivity contribution is -0.161. The van der Waals surface area contributed by atoms with Gasteiger partial charge in [-0.25, -0.2) is 8.42 Å². The fourth-order valence-corrected chi connectivity index (χ4v) is 4.61. The lowest BCUT2D eigenvalue weighted by Crippen LogP contribution is -2.70. The lowest BCUT2D eigenvalue weighted by Gasteiger charge is -2.49. The predicted octanol–water partition coefficient (Wildman–Crippen LogP) is 0.487. The van der Waals surface area contributed by atoms with Gasteiger partial charge in [0.25, 0.3) is 5.91 Å². The van der Waals surface area contributed by atoms with E-state index in [1.54, 1.807) is 27.7 Å². The average molecular weight is 301 g/mol. The maximum absolute atomic E-state index is 12.5. The molecule has 0 bridgehead atoms. The number of carbonyl (C=O) groups excluding carboxylic acids is 2. The third kappa shape index (κ3) is 2.00. The number of hydrogen-bond acceptors (Lipinski definition) is 5. The highest BCUT2D eigenvalue weighted by molar-refractivity contribution is 7.92. The first-order valence-electron chi connectivity index (χ1n) is 6.34. The molecule has 6 nitrogen and oxygen atoms in total. The Morgan fingerprint density at radius 2 is 1.90 bits per heavy atom. The predicted molar refractivity (Wildman–Crippen MR) is 72.4 cm³/mol. The topological polar surface area (TPSA) is 80.8 Å². The van der Waals surface area contributed by atoms with Gasteiger partial charge in [-0.1, -0.05) is 20.8 Å². The zero-order valence-electron chi connectivity index (χ0n) is 12.3. The maximum atomic E-state index is 12.5. The first kappa shape index (κ1) is 15.2.